The molecule has 0 amide bonds. The Morgan fingerprint density at radius 3 is 2.28 bits per heavy atom. The van der Waals surface area contributed by atoms with Crippen LogP contribution in [0.3, 0.4) is 0 Å². The monoisotopic (exact) mass is 274 g/mol. The minimum absolute atomic E-state index is 0.0584. The Bertz CT molecular complexity index is 496. The lowest BCUT2D eigenvalue weighted by atomic mass is 10.2. The van der Waals surface area contributed by atoms with Crippen molar-refractivity contribution in [2.75, 3.05) is 32.0 Å². The molecular weight excluding hydrogens is 256 g/mol. The zero-order chi connectivity index (χ0) is 13.8. The van der Waals surface area contributed by atoms with Gasteiger partial charge in [0.05, 0.1) is 18.1 Å². The van der Waals surface area contributed by atoms with E-state index in [1.165, 1.54) is 6.07 Å². The maximum Gasteiger partial charge on any atom is 0.243 e. The second-order valence-corrected chi connectivity index (χ2v) is 5.73. The number of benzene rings is 1. The van der Waals surface area contributed by atoms with Gasteiger partial charge < -0.3 is 15.9 Å². The van der Waals surface area contributed by atoms with Gasteiger partial charge in [-0.25, -0.2) is 8.42 Å². The molecule has 0 radical (unpaired) electrons. The maximum absolute atomic E-state index is 12.3. The van der Waals surface area contributed by atoms with Crippen molar-refractivity contribution in [3.63, 3.8) is 0 Å². The molecule has 0 aliphatic rings. The number of nitrogens with two attached hydrogens (primary N) is 1. The van der Waals surface area contributed by atoms with Crippen molar-refractivity contribution in [2.24, 2.45) is 0 Å². The average Bonchev–Trinajstić information content (AvgIpc) is 2.32. The van der Waals surface area contributed by atoms with E-state index in [0.29, 0.717) is 11.3 Å². The standard InChI is InChI=1S/C11H18N2O4S/c1-9-10(12)3-2-4-11(9)18(16,17)13(5-7-14)6-8-15/h2-4,14-15H,5-8,12H2,1H3. The van der Waals surface area contributed by atoms with Gasteiger partial charge in [-0.05, 0) is 24.6 Å². The smallest absolute Gasteiger partial charge is 0.243 e. The molecule has 1 rings (SSSR count). The highest BCUT2D eigenvalue weighted by atomic mass is 32.2. The predicted molar refractivity (Wildman–Crippen MR) is 68.5 cm³/mol. The van der Waals surface area contributed by atoms with Crippen molar-refractivity contribution < 1.29 is 18.6 Å². The molecule has 4 N–H and O–H groups in total. The van der Waals surface area contributed by atoms with Crippen molar-refractivity contribution in [1.82, 2.24) is 4.31 Å². The number of nitrogen functional groups attached to an aromatic ring is 1. The Hall–Kier alpha value is -1.15. The van der Waals surface area contributed by atoms with Crippen LogP contribution in [0.2, 0.25) is 0 Å². The molecule has 18 heavy (non-hydrogen) atoms. The minimum Gasteiger partial charge on any atom is -0.398 e. The molecule has 0 heterocycles. The van der Waals surface area contributed by atoms with E-state index in [1.54, 1.807) is 19.1 Å². The molecule has 1 aromatic rings. The molecule has 1 aromatic carbocycles. The summed E-state index contributed by atoms with van der Waals surface area (Å²) in [4.78, 5) is 0.101. The van der Waals surface area contributed by atoms with E-state index in [-0.39, 0.29) is 31.2 Å². The zero-order valence-corrected chi connectivity index (χ0v) is 11.0. The highest BCUT2D eigenvalue weighted by Crippen LogP contribution is 2.23. The Kier molecular flexibility index (Phi) is 5.09. The molecule has 6 nitrogen and oxygen atoms in total. The summed E-state index contributed by atoms with van der Waals surface area (Å²) in [6, 6.07) is 4.64. The van der Waals surface area contributed by atoms with Crippen LogP contribution in [0.5, 0.6) is 0 Å². The van der Waals surface area contributed by atoms with Crippen molar-refractivity contribution >= 4 is 15.7 Å². The molecule has 0 saturated carbocycles. The number of aliphatic hydroxyl groups excluding tert-OH is 2. The van der Waals surface area contributed by atoms with Gasteiger partial charge in [0.1, 0.15) is 0 Å². The topological polar surface area (TPSA) is 104 Å². The molecule has 0 unspecified atom stereocenters. The number of rotatable bonds is 6. The summed E-state index contributed by atoms with van der Waals surface area (Å²) in [7, 11) is -3.75. The van der Waals surface area contributed by atoms with E-state index in [1.807, 2.05) is 0 Å². The highest BCUT2D eigenvalue weighted by molar-refractivity contribution is 7.89. The molecule has 0 aliphatic heterocycles. The molecule has 102 valence electrons. The summed E-state index contributed by atoms with van der Waals surface area (Å²) in [5.74, 6) is 0. The minimum atomic E-state index is -3.75. The summed E-state index contributed by atoms with van der Waals surface area (Å²) >= 11 is 0. The van der Waals surface area contributed by atoms with Gasteiger partial charge in [-0.15, -0.1) is 0 Å². The Balaban J connectivity index is 3.22. The zero-order valence-electron chi connectivity index (χ0n) is 10.2. The second-order valence-electron chi connectivity index (χ2n) is 3.82. The quantitative estimate of drug-likeness (QED) is 0.610. The van der Waals surface area contributed by atoms with Gasteiger partial charge in [-0.1, -0.05) is 6.07 Å². The predicted octanol–water partition coefficient (Wildman–Crippen LogP) is -0.447. The fourth-order valence-corrected chi connectivity index (χ4v) is 3.30. The van der Waals surface area contributed by atoms with Gasteiger partial charge in [0, 0.05) is 18.8 Å². The van der Waals surface area contributed by atoms with Crippen LogP contribution in [0.15, 0.2) is 23.1 Å². The van der Waals surface area contributed by atoms with Gasteiger partial charge >= 0.3 is 0 Å². The summed E-state index contributed by atoms with van der Waals surface area (Å²) in [5, 5.41) is 17.8. The Labute approximate surface area is 107 Å². The molecule has 0 fully saturated rings. The van der Waals surface area contributed by atoms with Crippen LogP contribution in [-0.2, 0) is 10.0 Å². The Morgan fingerprint density at radius 2 is 1.78 bits per heavy atom. The van der Waals surface area contributed by atoms with Crippen LogP contribution in [0.25, 0.3) is 0 Å². The van der Waals surface area contributed by atoms with Crippen LogP contribution in [-0.4, -0.2) is 49.2 Å². The summed E-state index contributed by atoms with van der Waals surface area (Å²) in [5.41, 5.74) is 6.55. The van der Waals surface area contributed by atoms with Crippen LogP contribution < -0.4 is 5.73 Å². The third-order valence-electron chi connectivity index (χ3n) is 2.64. The van der Waals surface area contributed by atoms with E-state index in [2.05, 4.69) is 0 Å². The molecule has 0 atom stereocenters. The average molecular weight is 274 g/mol. The molecule has 0 spiro atoms. The number of aliphatic hydroxyl groups is 2. The third kappa shape index (κ3) is 2.99. The number of sulfonamides is 1. The Morgan fingerprint density at radius 1 is 1.22 bits per heavy atom. The maximum atomic E-state index is 12.3. The van der Waals surface area contributed by atoms with Crippen LogP contribution in [0.4, 0.5) is 5.69 Å². The SMILES string of the molecule is Cc1c(N)cccc1S(=O)(=O)N(CCO)CCO. The summed E-state index contributed by atoms with van der Waals surface area (Å²) in [6.45, 7) is 0.897. The fourth-order valence-electron chi connectivity index (χ4n) is 1.63. The first-order valence-electron chi connectivity index (χ1n) is 5.52. The van der Waals surface area contributed by atoms with Gasteiger partial charge in [0.2, 0.25) is 10.0 Å². The molecule has 0 aliphatic carbocycles. The van der Waals surface area contributed by atoms with Gasteiger partial charge in [0.25, 0.3) is 0 Å². The van der Waals surface area contributed by atoms with Crippen molar-refractivity contribution in [3.8, 4) is 0 Å². The van der Waals surface area contributed by atoms with Crippen LogP contribution in [0, 0.1) is 6.92 Å². The molecule has 0 saturated heterocycles. The first-order chi connectivity index (χ1) is 8.45. The number of hydrogen-bond donors (Lipinski definition) is 3. The fraction of sp³-hybridized carbons (Fsp3) is 0.455. The highest BCUT2D eigenvalue weighted by Gasteiger charge is 2.25. The van der Waals surface area contributed by atoms with Crippen molar-refractivity contribution in [2.45, 2.75) is 11.8 Å². The first-order valence-corrected chi connectivity index (χ1v) is 6.96. The normalized spacial score (nSPS) is 12.0. The van der Waals surface area contributed by atoms with E-state index < -0.39 is 10.0 Å². The first kappa shape index (κ1) is 14.9. The molecule has 7 heteroatoms. The lowest BCUT2D eigenvalue weighted by molar-refractivity contribution is 0.217. The number of hydrogen-bond acceptors (Lipinski definition) is 5. The third-order valence-corrected chi connectivity index (χ3v) is 4.69. The van der Waals surface area contributed by atoms with E-state index >= 15 is 0 Å². The lowest BCUT2D eigenvalue weighted by Gasteiger charge is -2.21. The van der Waals surface area contributed by atoms with E-state index in [9.17, 15) is 8.42 Å². The van der Waals surface area contributed by atoms with Crippen molar-refractivity contribution in [1.29, 1.82) is 0 Å². The second kappa shape index (κ2) is 6.14. The van der Waals surface area contributed by atoms with E-state index in [4.69, 9.17) is 15.9 Å². The van der Waals surface area contributed by atoms with Crippen LogP contribution in [0.1, 0.15) is 5.56 Å². The molecular formula is C11H18N2O4S. The van der Waals surface area contributed by atoms with Gasteiger partial charge in [-0.3, -0.25) is 0 Å². The van der Waals surface area contributed by atoms with Crippen LogP contribution >= 0.6 is 0 Å². The van der Waals surface area contributed by atoms with Gasteiger partial charge in [0.15, 0.2) is 0 Å². The lowest BCUT2D eigenvalue weighted by Crippen LogP contribution is -2.36. The molecule has 0 bridgehead atoms. The largest absolute Gasteiger partial charge is 0.398 e. The van der Waals surface area contributed by atoms with E-state index in [0.717, 1.165) is 4.31 Å². The number of nitrogens with zero attached hydrogens (tertiary/aromatic N) is 1. The van der Waals surface area contributed by atoms with Gasteiger partial charge in [-0.2, -0.15) is 4.31 Å². The van der Waals surface area contributed by atoms with Crippen molar-refractivity contribution in [3.05, 3.63) is 23.8 Å². The molecule has 0 aromatic heterocycles. The summed E-state index contributed by atoms with van der Waals surface area (Å²) < 4.78 is 25.7. The summed E-state index contributed by atoms with van der Waals surface area (Å²) in [6.07, 6.45) is 0. The number of anilines is 1.